The summed E-state index contributed by atoms with van der Waals surface area (Å²) in [6.07, 6.45) is -2.89. The smallest absolute Gasteiger partial charge is 0.326 e. The van der Waals surface area contributed by atoms with Gasteiger partial charge in [0.2, 0.25) is 59.1 Å². The minimum Gasteiger partial charge on any atom is -0.508 e. The molecule has 0 spiro atoms. The van der Waals surface area contributed by atoms with E-state index in [1.54, 1.807) is 48.5 Å². The summed E-state index contributed by atoms with van der Waals surface area (Å²) in [6, 6.07) is -10.3. The third-order valence-electron chi connectivity index (χ3n) is 13.7. The zero-order valence-electron chi connectivity index (χ0n) is 51.2. The van der Waals surface area contributed by atoms with Crippen molar-refractivity contribution < 1.29 is 82.8 Å². The lowest BCUT2D eigenvalue weighted by atomic mass is 9.96. The van der Waals surface area contributed by atoms with E-state index >= 15 is 0 Å². The molecular weight excluding hydrogens is 1150 g/mol. The first kappa shape index (κ1) is 77.3. The third-order valence-corrected chi connectivity index (χ3v) is 13.7. The number of guanidine groups is 1. The maximum absolute atomic E-state index is 14.5. The lowest BCUT2D eigenvalue weighted by Gasteiger charge is -2.29. The molecule has 0 heterocycles. The lowest BCUT2D eigenvalue weighted by molar-refractivity contribution is -0.144. The van der Waals surface area contributed by atoms with Crippen LogP contribution in [-0.2, 0) is 68.7 Å². The molecule has 0 saturated carbocycles. The van der Waals surface area contributed by atoms with Gasteiger partial charge in [0.15, 0.2) is 5.96 Å². The zero-order chi connectivity index (χ0) is 67.1. The number of primary amides is 1. The van der Waals surface area contributed by atoms with E-state index in [1.165, 1.54) is 31.2 Å². The normalized spacial score (nSPS) is 14.9. The number of aliphatic carboxylic acids is 3. The molecule has 0 fully saturated rings. The van der Waals surface area contributed by atoms with Crippen LogP contribution in [0, 0.1) is 23.7 Å². The number of hydrogen-bond donors (Lipinski definition) is 18. The molecule has 0 saturated heterocycles. The number of amides is 10. The Balaban J connectivity index is 3.70. The van der Waals surface area contributed by atoms with Gasteiger partial charge >= 0.3 is 17.9 Å². The SMILES string of the molecule is CC[C@H](C)[C@H](NC(=O)[C@H](Cc1ccc(O)cc1)NC(=O)[C@H](CC(N)=O)NC(=O)[C@H](CCCCN)NC(=O)[C@H](CC(C)C)NC(=O)[C@H](CC(=O)O)NC(=O)[C@H](CC(C)C)NC(=O)[C@@H](N)C(C)C)C(=O)N[C@@H](CC(=O)O)C(=O)N[C@@H](CCCN=C(N)N)C(=O)O. The average Bonchev–Trinajstić information content (AvgIpc) is 1.52. The molecule has 1 aromatic carbocycles. The highest BCUT2D eigenvalue weighted by molar-refractivity contribution is 6.00. The van der Waals surface area contributed by atoms with Gasteiger partial charge in [-0.15, -0.1) is 0 Å². The highest BCUT2D eigenvalue weighted by atomic mass is 16.4. The van der Waals surface area contributed by atoms with E-state index in [0.29, 0.717) is 12.0 Å². The van der Waals surface area contributed by atoms with Crippen molar-refractivity contribution in [1.82, 2.24) is 47.9 Å². The highest BCUT2D eigenvalue weighted by Gasteiger charge is 2.38. The molecule has 0 aromatic heterocycles. The van der Waals surface area contributed by atoms with E-state index in [2.05, 4.69) is 52.8 Å². The number of hydrogen-bond acceptors (Lipinski definition) is 17. The van der Waals surface area contributed by atoms with Crippen molar-refractivity contribution in [2.45, 2.75) is 193 Å². The second-order valence-corrected chi connectivity index (χ2v) is 22.7. The summed E-state index contributed by atoms with van der Waals surface area (Å²) in [5, 5.41) is 61.2. The van der Waals surface area contributed by atoms with Crippen LogP contribution in [0.3, 0.4) is 0 Å². The third kappa shape index (κ3) is 29.6. The van der Waals surface area contributed by atoms with Gasteiger partial charge in [0.25, 0.3) is 0 Å². The molecule has 88 heavy (non-hydrogen) atoms. The van der Waals surface area contributed by atoms with Gasteiger partial charge in [-0.05, 0) is 92.9 Å². The fourth-order valence-corrected chi connectivity index (χ4v) is 8.61. The average molecular weight is 1250 g/mol. The molecule has 0 aliphatic carbocycles. The summed E-state index contributed by atoms with van der Waals surface area (Å²) in [5.74, 6) is -17.0. The predicted octanol–water partition coefficient (Wildman–Crippen LogP) is -3.49. The second-order valence-electron chi connectivity index (χ2n) is 22.7. The highest BCUT2D eigenvalue weighted by Crippen LogP contribution is 2.16. The number of nitrogens with one attached hydrogen (secondary N) is 9. The van der Waals surface area contributed by atoms with Gasteiger partial charge in [-0.1, -0.05) is 73.9 Å². The Labute approximate surface area is 510 Å². The summed E-state index contributed by atoms with van der Waals surface area (Å²) < 4.78 is 0. The van der Waals surface area contributed by atoms with E-state index in [1.807, 2.05) is 0 Å². The maximum Gasteiger partial charge on any atom is 0.326 e. The number of carbonyl (C=O) groups is 13. The topological polar surface area (TPSA) is 554 Å². The summed E-state index contributed by atoms with van der Waals surface area (Å²) in [7, 11) is 0. The van der Waals surface area contributed by atoms with E-state index < -0.39 is 163 Å². The molecule has 10 amide bonds. The maximum atomic E-state index is 14.5. The van der Waals surface area contributed by atoms with Crippen LogP contribution in [-0.4, -0.2) is 177 Å². The van der Waals surface area contributed by atoms with Crippen LogP contribution in [0.1, 0.15) is 132 Å². The number of nitrogens with two attached hydrogens (primary N) is 5. The Morgan fingerprint density at radius 3 is 1.32 bits per heavy atom. The minimum atomic E-state index is -1.89. The summed E-state index contributed by atoms with van der Waals surface area (Å²) in [5.41, 5.74) is 28.3. The molecule has 0 radical (unpaired) electrons. The molecule has 32 heteroatoms. The lowest BCUT2D eigenvalue weighted by Crippen LogP contribution is -2.62. The number of aromatic hydroxyl groups is 1. The molecule has 0 aliphatic heterocycles. The number of phenols is 1. The van der Waals surface area contributed by atoms with Crippen molar-refractivity contribution in [3.8, 4) is 5.75 Å². The quantitative estimate of drug-likeness (QED) is 0.0172. The van der Waals surface area contributed by atoms with Crippen molar-refractivity contribution in [3.05, 3.63) is 29.8 Å². The minimum absolute atomic E-state index is 0.00454. The van der Waals surface area contributed by atoms with Gasteiger partial charge in [-0.3, -0.25) is 62.5 Å². The Kier molecular flexibility index (Phi) is 34.4. The zero-order valence-corrected chi connectivity index (χ0v) is 51.2. The van der Waals surface area contributed by atoms with Crippen LogP contribution >= 0.6 is 0 Å². The van der Waals surface area contributed by atoms with Gasteiger partial charge < -0.3 is 96.9 Å². The molecule has 494 valence electrons. The molecule has 0 bridgehead atoms. The fraction of sp³-hybridized carbons (Fsp3) is 0.643. The molecule has 0 unspecified atom stereocenters. The van der Waals surface area contributed by atoms with Crippen molar-refractivity contribution in [2.75, 3.05) is 13.1 Å². The predicted molar refractivity (Wildman–Crippen MR) is 319 cm³/mol. The van der Waals surface area contributed by atoms with Crippen LogP contribution in [0.15, 0.2) is 29.3 Å². The Morgan fingerprint density at radius 2 is 0.886 bits per heavy atom. The number of carboxylic acid groups (broad SMARTS) is 3. The summed E-state index contributed by atoms with van der Waals surface area (Å²) >= 11 is 0. The molecule has 32 nitrogen and oxygen atoms in total. The summed E-state index contributed by atoms with van der Waals surface area (Å²) in [6.45, 7) is 13.6. The number of carboxylic acids is 3. The Hall–Kier alpha value is -8.68. The van der Waals surface area contributed by atoms with E-state index in [0.717, 1.165) is 0 Å². The number of nitrogens with zero attached hydrogens (tertiary/aromatic N) is 1. The molecule has 11 atom stereocenters. The van der Waals surface area contributed by atoms with Gasteiger partial charge in [-0.25, -0.2) is 4.79 Å². The van der Waals surface area contributed by atoms with Gasteiger partial charge in [0, 0.05) is 13.0 Å². The van der Waals surface area contributed by atoms with E-state index in [9.17, 15) is 82.8 Å². The fourth-order valence-electron chi connectivity index (χ4n) is 8.61. The monoisotopic (exact) mass is 1250 g/mol. The van der Waals surface area contributed by atoms with Crippen molar-refractivity contribution in [1.29, 1.82) is 0 Å². The molecular formula is C56H93N15O17. The first-order valence-electron chi connectivity index (χ1n) is 29.1. The van der Waals surface area contributed by atoms with Crippen LogP contribution in [0.4, 0.5) is 0 Å². The van der Waals surface area contributed by atoms with Crippen molar-refractivity contribution >= 4 is 82.9 Å². The molecule has 1 rings (SSSR count). The number of carbonyl (C=O) groups excluding carboxylic acids is 10. The number of aliphatic imine (C=N–C) groups is 1. The van der Waals surface area contributed by atoms with Gasteiger partial charge in [0.1, 0.15) is 60.1 Å². The first-order chi connectivity index (χ1) is 41.1. The van der Waals surface area contributed by atoms with Crippen molar-refractivity contribution in [2.24, 2.45) is 57.3 Å². The van der Waals surface area contributed by atoms with Crippen LogP contribution in [0.25, 0.3) is 0 Å². The van der Waals surface area contributed by atoms with Crippen LogP contribution < -0.4 is 76.5 Å². The summed E-state index contributed by atoms with van der Waals surface area (Å²) in [4.78, 5) is 178. The molecule has 1 aromatic rings. The second kappa shape index (κ2) is 39.2. The standard InChI is InChI=1S/C56H93N15O17/c1-9-30(8)45(54(86)70-40(26-43(76)77)50(82)64-34(55(87)88)14-12-20-62-56(60)61)71-52(84)37(23-31-15-17-32(72)18-16-31)66-49(81)38(24-41(58)73)67-46(78)33(13-10-11-19-57)63-47(79)35(21-27(2)3)65-51(83)39(25-42(74)75)68-48(80)36(22-28(4)5)69-53(85)44(59)29(6)7/h15-18,27-30,33-40,44-45,72H,9-14,19-26,57,59H2,1-8H3,(H2,58,73)(H,63,79)(H,64,82)(H,65,83)(H,66,81)(H,67,78)(H,68,80)(H,69,85)(H,70,86)(H,71,84)(H,74,75)(H,76,77)(H,87,88)(H4,60,61,62)/t30-,33-,34-,35-,36-,37-,38-,39-,40-,44-,45-/m0/s1. The van der Waals surface area contributed by atoms with Crippen LogP contribution in [0.2, 0.25) is 0 Å². The van der Waals surface area contributed by atoms with Gasteiger partial charge in [-0.2, -0.15) is 0 Å². The molecule has 0 aliphatic rings. The Bertz CT molecular complexity index is 2580. The van der Waals surface area contributed by atoms with Crippen molar-refractivity contribution in [3.63, 3.8) is 0 Å². The largest absolute Gasteiger partial charge is 0.508 e. The Morgan fingerprint density at radius 1 is 0.489 bits per heavy atom. The molecule has 23 N–H and O–H groups in total. The first-order valence-corrected chi connectivity index (χ1v) is 29.1. The number of rotatable bonds is 42. The van der Waals surface area contributed by atoms with E-state index in [4.69, 9.17) is 28.7 Å². The van der Waals surface area contributed by atoms with Gasteiger partial charge in [0.05, 0.1) is 25.3 Å². The number of unbranched alkanes of at least 4 members (excludes halogenated alkanes) is 1. The van der Waals surface area contributed by atoms with E-state index in [-0.39, 0.29) is 93.9 Å². The number of phenolic OH excluding ortho intramolecular Hbond substituents is 1. The number of benzene rings is 1. The van der Waals surface area contributed by atoms with Crippen LogP contribution in [0.5, 0.6) is 5.75 Å².